The van der Waals surface area contributed by atoms with Gasteiger partial charge in [-0.15, -0.1) is 0 Å². The van der Waals surface area contributed by atoms with Gasteiger partial charge in [0.05, 0.1) is 6.04 Å². The molecule has 0 spiro atoms. The minimum Gasteiger partial charge on any atom is -0.382 e. The Kier molecular flexibility index (Phi) is 4.02. The lowest BCUT2D eigenvalue weighted by Gasteiger charge is -2.20. The molecule has 0 fully saturated rings. The lowest BCUT2D eigenvalue weighted by atomic mass is 10.0. The van der Waals surface area contributed by atoms with Crippen molar-refractivity contribution in [2.75, 3.05) is 11.5 Å². The zero-order valence-corrected chi connectivity index (χ0v) is 13.0. The van der Waals surface area contributed by atoms with Gasteiger partial charge in [-0.2, -0.15) is 9.97 Å². The van der Waals surface area contributed by atoms with E-state index in [0.29, 0.717) is 29.4 Å². The van der Waals surface area contributed by atoms with E-state index in [-0.39, 0.29) is 12.0 Å². The van der Waals surface area contributed by atoms with Crippen LogP contribution in [0.25, 0.3) is 11.2 Å². The van der Waals surface area contributed by atoms with Crippen LogP contribution in [0, 0.1) is 5.92 Å². The molecule has 3 heterocycles. The second-order valence-electron chi connectivity index (χ2n) is 5.64. The van der Waals surface area contributed by atoms with E-state index < -0.39 is 0 Å². The van der Waals surface area contributed by atoms with Crippen LogP contribution in [0.15, 0.2) is 18.7 Å². The molecule has 0 radical (unpaired) electrons. The second kappa shape index (κ2) is 6.13. The number of nitrogen functional groups attached to an aromatic ring is 2. The van der Waals surface area contributed by atoms with Crippen LogP contribution in [0.4, 0.5) is 11.8 Å². The second-order valence-corrected chi connectivity index (χ2v) is 5.64. The summed E-state index contributed by atoms with van der Waals surface area (Å²) in [6.07, 6.45) is 5.06. The number of aromatic nitrogens is 6. The maximum Gasteiger partial charge on any atom is 0.224 e. The fourth-order valence-corrected chi connectivity index (χ4v) is 2.40. The van der Waals surface area contributed by atoms with Crippen molar-refractivity contribution >= 4 is 22.9 Å². The SMILES string of the molecule is CC(C)C(NCc1cncnc1)c1nc2nc(N)nc(N)c2[nH]1. The van der Waals surface area contributed by atoms with E-state index in [1.165, 1.54) is 6.33 Å². The third-order valence-electron chi connectivity index (χ3n) is 3.52. The molecule has 0 saturated carbocycles. The molecule has 0 amide bonds. The molecule has 6 N–H and O–H groups in total. The molecular formula is C14H19N9. The van der Waals surface area contributed by atoms with Crippen LogP contribution in [0.1, 0.15) is 31.3 Å². The number of H-pyrrole nitrogens is 1. The molecule has 120 valence electrons. The molecular weight excluding hydrogens is 294 g/mol. The number of nitrogens with one attached hydrogen (secondary N) is 2. The van der Waals surface area contributed by atoms with Crippen molar-refractivity contribution in [1.29, 1.82) is 0 Å². The molecule has 0 aromatic carbocycles. The Bertz CT molecular complexity index is 797. The van der Waals surface area contributed by atoms with E-state index in [9.17, 15) is 0 Å². The first-order chi connectivity index (χ1) is 11.0. The summed E-state index contributed by atoms with van der Waals surface area (Å²) in [5.74, 6) is 1.46. The maximum atomic E-state index is 5.87. The minimum absolute atomic E-state index is 0.00923. The Morgan fingerprint density at radius 3 is 2.57 bits per heavy atom. The number of nitrogens with two attached hydrogens (primary N) is 2. The van der Waals surface area contributed by atoms with Gasteiger partial charge in [-0.05, 0) is 5.92 Å². The molecule has 9 heteroatoms. The Balaban J connectivity index is 1.87. The van der Waals surface area contributed by atoms with Crippen molar-refractivity contribution < 1.29 is 0 Å². The zero-order chi connectivity index (χ0) is 16.4. The summed E-state index contributed by atoms with van der Waals surface area (Å²) in [6.45, 7) is 4.84. The molecule has 1 atom stereocenters. The third kappa shape index (κ3) is 3.19. The number of imidazole rings is 1. The van der Waals surface area contributed by atoms with Gasteiger partial charge in [0.2, 0.25) is 5.95 Å². The lowest BCUT2D eigenvalue weighted by molar-refractivity contribution is 0.395. The highest BCUT2D eigenvalue weighted by atomic mass is 15.1. The van der Waals surface area contributed by atoms with E-state index in [0.717, 1.165) is 11.4 Å². The predicted molar refractivity (Wildman–Crippen MR) is 87.0 cm³/mol. The molecule has 3 aromatic heterocycles. The van der Waals surface area contributed by atoms with Gasteiger partial charge in [0.25, 0.3) is 0 Å². The van der Waals surface area contributed by atoms with Gasteiger partial charge >= 0.3 is 0 Å². The normalized spacial score (nSPS) is 12.8. The maximum absolute atomic E-state index is 5.87. The Morgan fingerprint density at radius 1 is 1.13 bits per heavy atom. The number of hydrogen-bond acceptors (Lipinski definition) is 8. The van der Waals surface area contributed by atoms with Crippen LogP contribution in [-0.4, -0.2) is 29.9 Å². The molecule has 3 aromatic rings. The van der Waals surface area contributed by atoms with Crippen molar-refractivity contribution in [3.05, 3.63) is 30.1 Å². The van der Waals surface area contributed by atoms with Gasteiger partial charge in [-0.1, -0.05) is 13.8 Å². The monoisotopic (exact) mass is 313 g/mol. The highest BCUT2D eigenvalue weighted by Crippen LogP contribution is 2.24. The molecule has 0 aliphatic rings. The lowest BCUT2D eigenvalue weighted by Crippen LogP contribution is -2.26. The van der Waals surface area contributed by atoms with Gasteiger partial charge in [-0.3, -0.25) is 0 Å². The number of hydrogen-bond donors (Lipinski definition) is 4. The highest BCUT2D eigenvalue weighted by Gasteiger charge is 2.21. The molecule has 0 saturated heterocycles. The molecule has 1 unspecified atom stereocenters. The standard InChI is InChI=1S/C14H19N9/c1-7(2)9(19-5-8-3-17-6-18-4-8)12-20-10-11(15)21-14(16)23-13(10)22-12/h3-4,6-7,9,19H,5H2,1-2H3,(H5,15,16,20,21,22,23). The van der Waals surface area contributed by atoms with Crippen molar-refractivity contribution in [3.8, 4) is 0 Å². The predicted octanol–water partition coefficient (Wildman–Crippen LogP) is 0.794. The molecule has 0 aliphatic heterocycles. The number of fused-ring (bicyclic) bond motifs is 1. The topological polar surface area (TPSA) is 144 Å². The van der Waals surface area contributed by atoms with Crippen molar-refractivity contribution in [2.45, 2.75) is 26.4 Å². The van der Waals surface area contributed by atoms with Gasteiger partial charge in [0.15, 0.2) is 11.5 Å². The van der Waals surface area contributed by atoms with Gasteiger partial charge in [0, 0.05) is 24.5 Å². The van der Waals surface area contributed by atoms with Crippen LogP contribution in [0.5, 0.6) is 0 Å². The van der Waals surface area contributed by atoms with E-state index in [2.05, 4.69) is 49.1 Å². The zero-order valence-electron chi connectivity index (χ0n) is 13.0. The average Bonchev–Trinajstić information content (AvgIpc) is 2.92. The van der Waals surface area contributed by atoms with Gasteiger partial charge < -0.3 is 21.8 Å². The Hall–Kier alpha value is -2.81. The van der Waals surface area contributed by atoms with Crippen LogP contribution < -0.4 is 16.8 Å². The number of anilines is 2. The van der Waals surface area contributed by atoms with E-state index >= 15 is 0 Å². The van der Waals surface area contributed by atoms with Crippen LogP contribution in [0.3, 0.4) is 0 Å². The minimum atomic E-state index is -0.00923. The van der Waals surface area contributed by atoms with Crippen molar-refractivity contribution in [3.63, 3.8) is 0 Å². The first kappa shape index (κ1) is 15.1. The quantitative estimate of drug-likeness (QED) is 0.541. The van der Waals surface area contributed by atoms with Crippen LogP contribution in [-0.2, 0) is 6.54 Å². The van der Waals surface area contributed by atoms with Crippen LogP contribution >= 0.6 is 0 Å². The first-order valence-corrected chi connectivity index (χ1v) is 7.30. The molecule has 0 aliphatic carbocycles. The average molecular weight is 313 g/mol. The van der Waals surface area contributed by atoms with E-state index in [4.69, 9.17) is 11.5 Å². The molecule has 0 bridgehead atoms. The van der Waals surface area contributed by atoms with Crippen molar-refractivity contribution in [1.82, 2.24) is 35.2 Å². The van der Waals surface area contributed by atoms with E-state index in [1.54, 1.807) is 12.4 Å². The summed E-state index contributed by atoms with van der Waals surface area (Å²) in [5.41, 5.74) is 13.6. The summed E-state index contributed by atoms with van der Waals surface area (Å²) >= 11 is 0. The Morgan fingerprint density at radius 2 is 1.87 bits per heavy atom. The van der Waals surface area contributed by atoms with Gasteiger partial charge in [0.1, 0.15) is 17.7 Å². The molecule has 3 rings (SSSR count). The van der Waals surface area contributed by atoms with Gasteiger partial charge in [-0.25, -0.2) is 15.0 Å². The summed E-state index contributed by atoms with van der Waals surface area (Å²) in [7, 11) is 0. The van der Waals surface area contributed by atoms with E-state index in [1.807, 2.05) is 0 Å². The first-order valence-electron chi connectivity index (χ1n) is 7.30. The molecule has 9 nitrogen and oxygen atoms in total. The van der Waals surface area contributed by atoms with Crippen LogP contribution in [0.2, 0.25) is 0 Å². The smallest absolute Gasteiger partial charge is 0.224 e. The van der Waals surface area contributed by atoms with Crippen molar-refractivity contribution in [2.24, 2.45) is 5.92 Å². The largest absolute Gasteiger partial charge is 0.382 e. The summed E-state index contributed by atoms with van der Waals surface area (Å²) in [4.78, 5) is 23.8. The molecule has 23 heavy (non-hydrogen) atoms. The summed E-state index contributed by atoms with van der Waals surface area (Å²) in [5, 5.41) is 3.45. The summed E-state index contributed by atoms with van der Waals surface area (Å²) in [6, 6.07) is -0.00923. The fourth-order valence-electron chi connectivity index (χ4n) is 2.40. The summed E-state index contributed by atoms with van der Waals surface area (Å²) < 4.78 is 0. The fraction of sp³-hybridized carbons (Fsp3) is 0.357. The number of nitrogens with zero attached hydrogens (tertiary/aromatic N) is 5. The third-order valence-corrected chi connectivity index (χ3v) is 3.52. The Labute approximate surface area is 133 Å². The number of rotatable bonds is 5. The number of aromatic amines is 1. The highest BCUT2D eigenvalue weighted by molar-refractivity contribution is 5.82.